The predicted molar refractivity (Wildman–Crippen MR) is 102 cm³/mol. The molecular formula is C19H29N5O4. The summed E-state index contributed by atoms with van der Waals surface area (Å²) < 4.78 is 1.95. The Kier molecular flexibility index (Phi) is 5.36. The number of imidazole rings is 1. The minimum absolute atomic E-state index is 0.00302. The molecule has 1 fully saturated rings. The number of piperidine rings is 1. The van der Waals surface area contributed by atoms with Crippen LogP contribution in [0.15, 0.2) is 6.20 Å². The first kappa shape index (κ1) is 20.2. The van der Waals surface area contributed by atoms with Gasteiger partial charge < -0.3 is 24.8 Å². The Hall–Kier alpha value is -2.58. The highest BCUT2D eigenvalue weighted by Gasteiger charge is 2.39. The minimum atomic E-state index is -1.20. The summed E-state index contributed by atoms with van der Waals surface area (Å²) in [5, 5.41) is 11.4. The molecule has 3 rings (SSSR count). The maximum atomic E-state index is 12.9. The van der Waals surface area contributed by atoms with E-state index >= 15 is 0 Å². The molecule has 9 nitrogen and oxygen atoms in total. The van der Waals surface area contributed by atoms with E-state index in [-0.39, 0.29) is 17.9 Å². The number of rotatable bonds is 3. The van der Waals surface area contributed by atoms with Crippen molar-refractivity contribution in [2.75, 3.05) is 19.6 Å². The van der Waals surface area contributed by atoms with E-state index in [9.17, 15) is 14.4 Å². The third kappa shape index (κ3) is 3.83. The van der Waals surface area contributed by atoms with E-state index in [0.29, 0.717) is 38.2 Å². The van der Waals surface area contributed by atoms with Gasteiger partial charge in [0.1, 0.15) is 17.6 Å². The van der Waals surface area contributed by atoms with Gasteiger partial charge in [0.15, 0.2) is 0 Å². The van der Waals surface area contributed by atoms with Gasteiger partial charge in [-0.3, -0.25) is 9.59 Å². The van der Waals surface area contributed by atoms with Crippen LogP contribution in [0.2, 0.25) is 0 Å². The Labute approximate surface area is 164 Å². The molecule has 9 heteroatoms. The molecule has 0 bridgehead atoms. The average Bonchev–Trinajstić information content (AvgIpc) is 3.01. The van der Waals surface area contributed by atoms with Crippen LogP contribution in [0.25, 0.3) is 0 Å². The standard InChI is InChI=1S/C19H29N5O4/c1-12-20-11-14-16(25)24(10-9-23(12)14)13-5-7-22(8-6-13)17(26)15(19(2,3)4)21-18(27)28/h11,13,15,21H,5-10H2,1-4H3,(H,27,28)/t15-/m0/s1. The summed E-state index contributed by atoms with van der Waals surface area (Å²) in [6.45, 7) is 9.83. The molecule has 1 saturated heterocycles. The molecule has 0 radical (unpaired) electrons. The van der Waals surface area contributed by atoms with Crippen molar-refractivity contribution in [3.63, 3.8) is 0 Å². The van der Waals surface area contributed by atoms with E-state index in [4.69, 9.17) is 5.11 Å². The van der Waals surface area contributed by atoms with Gasteiger partial charge in [0.2, 0.25) is 5.91 Å². The largest absolute Gasteiger partial charge is 0.465 e. The zero-order chi connectivity index (χ0) is 20.6. The number of carboxylic acid groups (broad SMARTS) is 1. The van der Waals surface area contributed by atoms with Gasteiger partial charge in [-0.1, -0.05) is 20.8 Å². The maximum Gasteiger partial charge on any atom is 0.405 e. The van der Waals surface area contributed by atoms with Crippen LogP contribution in [0.3, 0.4) is 0 Å². The van der Waals surface area contributed by atoms with Crippen molar-refractivity contribution in [3.8, 4) is 0 Å². The van der Waals surface area contributed by atoms with E-state index < -0.39 is 17.6 Å². The molecule has 1 atom stereocenters. The lowest BCUT2D eigenvalue weighted by Crippen LogP contribution is -2.57. The highest BCUT2D eigenvalue weighted by Crippen LogP contribution is 2.26. The van der Waals surface area contributed by atoms with Crippen molar-refractivity contribution in [1.82, 2.24) is 24.7 Å². The molecule has 1 aromatic heterocycles. The third-order valence-corrected chi connectivity index (χ3v) is 5.70. The molecule has 3 heterocycles. The highest BCUT2D eigenvalue weighted by molar-refractivity contribution is 5.93. The predicted octanol–water partition coefficient (Wildman–Crippen LogP) is 1.32. The number of aryl methyl sites for hydroxylation is 1. The number of amides is 3. The van der Waals surface area contributed by atoms with Gasteiger partial charge in [-0.2, -0.15) is 0 Å². The van der Waals surface area contributed by atoms with Crippen molar-refractivity contribution in [3.05, 3.63) is 17.7 Å². The van der Waals surface area contributed by atoms with Gasteiger partial charge in [0.25, 0.3) is 5.91 Å². The summed E-state index contributed by atoms with van der Waals surface area (Å²) in [6.07, 6.45) is 1.81. The Morgan fingerprint density at radius 2 is 1.86 bits per heavy atom. The van der Waals surface area contributed by atoms with Crippen LogP contribution in [0.5, 0.6) is 0 Å². The molecule has 3 amide bonds. The quantitative estimate of drug-likeness (QED) is 0.808. The second-order valence-corrected chi connectivity index (χ2v) is 8.65. The highest BCUT2D eigenvalue weighted by atomic mass is 16.4. The van der Waals surface area contributed by atoms with Crippen LogP contribution in [-0.2, 0) is 11.3 Å². The van der Waals surface area contributed by atoms with Crippen molar-refractivity contribution < 1.29 is 19.5 Å². The van der Waals surface area contributed by atoms with Crippen LogP contribution >= 0.6 is 0 Å². The number of carbonyl (C=O) groups excluding carboxylic acids is 2. The molecule has 0 aromatic carbocycles. The van der Waals surface area contributed by atoms with Crippen molar-refractivity contribution >= 4 is 17.9 Å². The number of nitrogens with one attached hydrogen (secondary N) is 1. The minimum Gasteiger partial charge on any atom is -0.465 e. The molecule has 2 N–H and O–H groups in total. The Morgan fingerprint density at radius 1 is 1.21 bits per heavy atom. The number of aromatic nitrogens is 2. The van der Waals surface area contributed by atoms with Crippen LogP contribution in [0.4, 0.5) is 4.79 Å². The first-order chi connectivity index (χ1) is 13.1. The summed E-state index contributed by atoms with van der Waals surface area (Å²) in [7, 11) is 0. The normalized spacial score (nSPS) is 19.4. The summed E-state index contributed by atoms with van der Waals surface area (Å²) >= 11 is 0. The zero-order valence-electron chi connectivity index (χ0n) is 16.9. The van der Waals surface area contributed by atoms with Gasteiger partial charge in [-0.15, -0.1) is 0 Å². The molecule has 2 aliphatic rings. The molecule has 0 aliphatic carbocycles. The van der Waals surface area contributed by atoms with Gasteiger partial charge in [-0.25, -0.2) is 9.78 Å². The van der Waals surface area contributed by atoms with E-state index in [1.807, 2.05) is 37.2 Å². The van der Waals surface area contributed by atoms with Crippen LogP contribution < -0.4 is 5.32 Å². The Balaban J connectivity index is 1.63. The molecule has 0 unspecified atom stereocenters. The summed E-state index contributed by atoms with van der Waals surface area (Å²) in [6, 6.07) is -0.712. The molecule has 154 valence electrons. The van der Waals surface area contributed by atoms with Gasteiger partial charge in [-0.05, 0) is 25.2 Å². The first-order valence-electron chi connectivity index (χ1n) is 9.71. The van der Waals surface area contributed by atoms with Crippen molar-refractivity contribution in [1.29, 1.82) is 0 Å². The average molecular weight is 391 g/mol. The van der Waals surface area contributed by atoms with Crippen LogP contribution in [0, 0.1) is 12.3 Å². The van der Waals surface area contributed by atoms with Crippen LogP contribution in [0.1, 0.15) is 49.9 Å². The molecule has 2 aliphatic heterocycles. The number of hydrogen-bond donors (Lipinski definition) is 2. The second kappa shape index (κ2) is 7.44. The van der Waals surface area contributed by atoms with E-state index in [1.54, 1.807) is 11.1 Å². The lowest BCUT2D eigenvalue weighted by molar-refractivity contribution is -0.137. The Bertz CT molecular complexity index is 774. The monoisotopic (exact) mass is 391 g/mol. The van der Waals surface area contributed by atoms with Gasteiger partial charge in [0.05, 0.1) is 6.20 Å². The second-order valence-electron chi connectivity index (χ2n) is 8.65. The summed E-state index contributed by atoms with van der Waals surface area (Å²) in [4.78, 5) is 44.7. The zero-order valence-corrected chi connectivity index (χ0v) is 16.9. The summed E-state index contributed by atoms with van der Waals surface area (Å²) in [5.74, 6) is 0.645. The number of nitrogens with zero attached hydrogens (tertiary/aromatic N) is 4. The number of fused-ring (bicyclic) bond motifs is 1. The van der Waals surface area contributed by atoms with Crippen molar-refractivity contribution in [2.45, 2.75) is 59.2 Å². The van der Waals surface area contributed by atoms with Crippen molar-refractivity contribution in [2.24, 2.45) is 5.41 Å². The van der Waals surface area contributed by atoms with Crippen LogP contribution in [-0.4, -0.2) is 74.1 Å². The molecular weight excluding hydrogens is 362 g/mol. The molecule has 28 heavy (non-hydrogen) atoms. The third-order valence-electron chi connectivity index (χ3n) is 5.70. The fraction of sp³-hybridized carbons (Fsp3) is 0.684. The molecule has 0 saturated carbocycles. The number of carbonyl (C=O) groups is 3. The molecule has 1 aromatic rings. The number of hydrogen-bond acceptors (Lipinski definition) is 4. The van der Waals surface area contributed by atoms with E-state index in [0.717, 1.165) is 12.4 Å². The lowest BCUT2D eigenvalue weighted by Gasteiger charge is -2.42. The van der Waals surface area contributed by atoms with E-state index in [1.165, 1.54) is 0 Å². The fourth-order valence-electron chi connectivity index (χ4n) is 4.08. The lowest BCUT2D eigenvalue weighted by atomic mass is 9.85. The smallest absolute Gasteiger partial charge is 0.405 e. The summed E-state index contributed by atoms with van der Waals surface area (Å²) in [5.41, 5.74) is 0.103. The van der Waals surface area contributed by atoms with E-state index in [2.05, 4.69) is 10.3 Å². The first-order valence-corrected chi connectivity index (χ1v) is 9.71. The molecule has 0 spiro atoms. The fourth-order valence-corrected chi connectivity index (χ4v) is 4.08. The number of likely N-dealkylation sites (tertiary alicyclic amines) is 1. The van der Waals surface area contributed by atoms with Gasteiger partial charge >= 0.3 is 6.09 Å². The Morgan fingerprint density at radius 3 is 2.43 bits per heavy atom. The topological polar surface area (TPSA) is 108 Å². The SMILES string of the molecule is Cc1ncc2n1CCN(C1CCN(C(=O)[C@H](NC(=O)O)C(C)(C)C)CC1)C2=O. The van der Waals surface area contributed by atoms with Gasteiger partial charge in [0, 0.05) is 32.2 Å². The maximum absolute atomic E-state index is 12.9.